The standard InChI is InChI=1S/C21H25ClFN5O3S/c1-13-9-19(32(2,30)31)24-12-18(13)26-17-5-8-28(21(17)29)15-3-6-27(7-4-15)20-16(23)10-14(22)11-25-20/h9-12,15,17,26H,3-8H2,1-2H3. The van der Waals surface area contributed by atoms with E-state index in [9.17, 15) is 17.6 Å². The predicted octanol–water partition coefficient (Wildman–Crippen LogP) is 2.66. The number of aryl methyl sites for hydroxylation is 1. The van der Waals surface area contributed by atoms with Gasteiger partial charge in [0.1, 0.15) is 6.04 Å². The van der Waals surface area contributed by atoms with E-state index in [1.807, 2.05) is 9.80 Å². The maximum Gasteiger partial charge on any atom is 0.245 e. The summed E-state index contributed by atoms with van der Waals surface area (Å²) in [6.45, 7) is 3.64. The number of pyridine rings is 2. The van der Waals surface area contributed by atoms with Crippen LogP contribution >= 0.6 is 11.6 Å². The van der Waals surface area contributed by atoms with Crippen LogP contribution in [0, 0.1) is 12.7 Å². The Hall–Kier alpha value is -2.46. The number of hydrogen-bond donors (Lipinski definition) is 1. The zero-order valence-electron chi connectivity index (χ0n) is 17.9. The second-order valence-corrected chi connectivity index (χ2v) is 10.7. The molecule has 0 radical (unpaired) electrons. The Morgan fingerprint density at radius 2 is 1.84 bits per heavy atom. The number of hydrogen-bond acceptors (Lipinski definition) is 7. The number of rotatable bonds is 5. The summed E-state index contributed by atoms with van der Waals surface area (Å²) in [6.07, 6.45) is 6.12. The summed E-state index contributed by atoms with van der Waals surface area (Å²) in [5.41, 5.74) is 1.37. The predicted molar refractivity (Wildman–Crippen MR) is 120 cm³/mol. The minimum atomic E-state index is -3.39. The highest BCUT2D eigenvalue weighted by Crippen LogP contribution is 2.28. The molecule has 1 N–H and O–H groups in total. The lowest BCUT2D eigenvalue weighted by Crippen LogP contribution is -2.47. The van der Waals surface area contributed by atoms with E-state index in [2.05, 4.69) is 15.3 Å². The van der Waals surface area contributed by atoms with Gasteiger partial charge in [0.25, 0.3) is 0 Å². The van der Waals surface area contributed by atoms with Crippen molar-refractivity contribution in [3.05, 3.63) is 40.9 Å². The lowest BCUT2D eigenvalue weighted by Gasteiger charge is -2.37. The molecule has 172 valence electrons. The molecule has 2 aromatic heterocycles. The molecule has 1 atom stereocenters. The van der Waals surface area contributed by atoms with Gasteiger partial charge in [0.05, 0.1) is 16.9 Å². The summed E-state index contributed by atoms with van der Waals surface area (Å²) in [5, 5.41) is 3.50. The number of nitrogens with one attached hydrogen (secondary N) is 1. The molecule has 0 bridgehead atoms. The fraction of sp³-hybridized carbons (Fsp3) is 0.476. The Labute approximate surface area is 191 Å². The molecule has 0 spiro atoms. The molecular weight excluding hydrogens is 457 g/mol. The quantitative estimate of drug-likeness (QED) is 0.701. The Morgan fingerprint density at radius 1 is 1.12 bits per heavy atom. The maximum atomic E-state index is 14.2. The minimum absolute atomic E-state index is 0.0123. The van der Waals surface area contributed by atoms with Crippen LogP contribution in [0.5, 0.6) is 0 Å². The highest BCUT2D eigenvalue weighted by Gasteiger charge is 2.37. The fourth-order valence-corrected chi connectivity index (χ4v) is 5.08. The van der Waals surface area contributed by atoms with Gasteiger partial charge in [-0.2, -0.15) is 0 Å². The third-order valence-corrected chi connectivity index (χ3v) is 7.22. The first-order valence-electron chi connectivity index (χ1n) is 10.4. The number of carbonyl (C=O) groups excluding carboxylic acids is 1. The van der Waals surface area contributed by atoms with Crippen LogP contribution < -0.4 is 10.2 Å². The number of carbonyl (C=O) groups is 1. The maximum absolute atomic E-state index is 14.2. The van der Waals surface area contributed by atoms with E-state index >= 15 is 0 Å². The summed E-state index contributed by atoms with van der Waals surface area (Å²) < 4.78 is 37.5. The van der Waals surface area contributed by atoms with E-state index in [0.717, 1.165) is 24.7 Å². The zero-order valence-corrected chi connectivity index (χ0v) is 19.5. The van der Waals surface area contributed by atoms with Gasteiger partial charge in [-0.25, -0.2) is 22.8 Å². The van der Waals surface area contributed by atoms with E-state index in [-0.39, 0.29) is 28.0 Å². The van der Waals surface area contributed by atoms with Crippen molar-refractivity contribution >= 4 is 38.9 Å². The first kappa shape index (κ1) is 22.7. The number of aromatic nitrogens is 2. The van der Waals surface area contributed by atoms with Crippen LogP contribution in [0.3, 0.4) is 0 Å². The van der Waals surface area contributed by atoms with E-state index in [4.69, 9.17) is 11.6 Å². The SMILES string of the molecule is Cc1cc(S(C)(=O)=O)ncc1NC1CCN(C2CCN(c3ncc(Cl)cc3F)CC2)C1=O. The number of nitrogens with zero attached hydrogens (tertiary/aromatic N) is 4. The smallest absolute Gasteiger partial charge is 0.245 e. The van der Waals surface area contributed by atoms with Gasteiger partial charge in [-0.1, -0.05) is 11.6 Å². The van der Waals surface area contributed by atoms with Gasteiger partial charge in [0.15, 0.2) is 26.5 Å². The summed E-state index contributed by atoms with van der Waals surface area (Å²) in [5.74, 6) is -0.130. The van der Waals surface area contributed by atoms with Crippen LogP contribution in [-0.2, 0) is 14.6 Å². The van der Waals surface area contributed by atoms with Crippen LogP contribution in [0.2, 0.25) is 5.02 Å². The Kier molecular flexibility index (Phi) is 6.26. The van der Waals surface area contributed by atoms with Gasteiger partial charge >= 0.3 is 0 Å². The first-order valence-corrected chi connectivity index (χ1v) is 12.7. The van der Waals surface area contributed by atoms with Crippen molar-refractivity contribution in [2.45, 2.75) is 43.3 Å². The van der Waals surface area contributed by atoms with Crippen molar-refractivity contribution < 1.29 is 17.6 Å². The molecule has 8 nitrogen and oxygen atoms in total. The second-order valence-electron chi connectivity index (χ2n) is 8.30. The van der Waals surface area contributed by atoms with Gasteiger partial charge in [-0.05, 0) is 43.9 Å². The average Bonchev–Trinajstić information content (AvgIpc) is 3.09. The van der Waals surface area contributed by atoms with Crippen LogP contribution in [0.1, 0.15) is 24.8 Å². The van der Waals surface area contributed by atoms with Gasteiger partial charge in [0.2, 0.25) is 5.91 Å². The van der Waals surface area contributed by atoms with Crippen LogP contribution in [0.25, 0.3) is 0 Å². The molecule has 1 amide bonds. The van der Waals surface area contributed by atoms with Gasteiger partial charge in [-0.15, -0.1) is 0 Å². The number of sulfone groups is 1. The van der Waals surface area contributed by atoms with Crippen LogP contribution in [0.4, 0.5) is 15.9 Å². The molecule has 4 rings (SSSR count). The topological polar surface area (TPSA) is 95.5 Å². The number of likely N-dealkylation sites (tertiary alicyclic amines) is 1. The normalized spacial score (nSPS) is 20.1. The number of amides is 1. The number of anilines is 2. The second kappa shape index (κ2) is 8.82. The monoisotopic (exact) mass is 481 g/mol. The van der Waals surface area contributed by atoms with Crippen molar-refractivity contribution in [3.63, 3.8) is 0 Å². The molecule has 0 aromatic carbocycles. The van der Waals surface area contributed by atoms with Crippen LogP contribution in [0.15, 0.2) is 29.6 Å². The van der Waals surface area contributed by atoms with Crippen molar-refractivity contribution in [1.82, 2.24) is 14.9 Å². The van der Waals surface area contributed by atoms with Crippen molar-refractivity contribution in [3.8, 4) is 0 Å². The molecule has 32 heavy (non-hydrogen) atoms. The number of halogens is 2. The largest absolute Gasteiger partial charge is 0.372 e. The average molecular weight is 482 g/mol. The third-order valence-electron chi connectivity index (χ3n) is 6.03. The zero-order chi connectivity index (χ0) is 23.0. The van der Waals surface area contributed by atoms with Gasteiger partial charge in [-0.3, -0.25) is 4.79 Å². The Morgan fingerprint density at radius 3 is 2.47 bits per heavy atom. The van der Waals surface area contributed by atoms with E-state index in [0.29, 0.717) is 37.6 Å². The Bertz CT molecular complexity index is 1140. The molecule has 2 saturated heterocycles. The third kappa shape index (κ3) is 4.66. The van der Waals surface area contributed by atoms with E-state index < -0.39 is 15.7 Å². The van der Waals surface area contributed by atoms with Crippen molar-refractivity contribution in [2.75, 3.05) is 36.1 Å². The number of piperidine rings is 1. The molecule has 0 aliphatic carbocycles. The van der Waals surface area contributed by atoms with Gasteiger partial charge in [0, 0.05) is 38.1 Å². The fourth-order valence-electron chi connectivity index (χ4n) is 4.30. The molecule has 0 saturated carbocycles. The summed E-state index contributed by atoms with van der Waals surface area (Å²) in [7, 11) is -3.39. The molecule has 2 aliphatic rings. The van der Waals surface area contributed by atoms with Crippen molar-refractivity contribution in [2.24, 2.45) is 0 Å². The highest BCUT2D eigenvalue weighted by molar-refractivity contribution is 7.90. The summed E-state index contributed by atoms with van der Waals surface area (Å²) in [6, 6.07) is 2.48. The van der Waals surface area contributed by atoms with E-state index in [1.54, 1.807) is 6.92 Å². The molecule has 2 aromatic rings. The molecule has 2 fully saturated rings. The van der Waals surface area contributed by atoms with Gasteiger partial charge < -0.3 is 15.1 Å². The molecular formula is C21H25ClFN5O3S. The van der Waals surface area contributed by atoms with Crippen molar-refractivity contribution in [1.29, 1.82) is 0 Å². The van der Waals surface area contributed by atoms with E-state index in [1.165, 1.54) is 24.5 Å². The van der Waals surface area contributed by atoms with Crippen LogP contribution in [-0.4, -0.2) is 67.2 Å². The lowest BCUT2D eigenvalue weighted by atomic mass is 10.0. The summed E-state index contributed by atoms with van der Waals surface area (Å²) >= 11 is 5.79. The molecule has 1 unspecified atom stereocenters. The highest BCUT2D eigenvalue weighted by atomic mass is 35.5. The minimum Gasteiger partial charge on any atom is -0.372 e. The lowest BCUT2D eigenvalue weighted by molar-refractivity contribution is -0.130. The molecule has 2 aliphatic heterocycles. The summed E-state index contributed by atoms with van der Waals surface area (Å²) in [4.78, 5) is 24.9. The Balaban J connectivity index is 1.37. The molecule has 11 heteroatoms. The molecule has 4 heterocycles. The first-order chi connectivity index (χ1) is 15.1.